The molecule has 4 atom stereocenters. The molecule has 0 saturated heterocycles. The number of hydrogen-bond donors (Lipinski definition) is 2. The van der Waals surface area contributed by atoms with Crippen LogP contribution in [0.1, 0.15) is 77.3 Å². The Morgan fingerprint density at radius 3 is 2.22 bits per heavy atom. The molecule has 1 amide bonds. The van der Waals surface area contributed by atoms with Crippen molar-refractivity contribution in [1.29, 1.82) is 0 Å². The molecule has 0 bridgehead atoms. The van der Waals surface area contributed by atoms with E-state index >= 15 is 13.2 Å². The molecule has 8 rings (SSSR count). The normalized spacial score (nSPS) is 19.3. The number of benzene rings is 2. The summed E-state index contributed by atoms with van der Waals surface area (Å²) >= 11 is 6.54. The summed E-state index contributed by atoms with van der Waals surface area (Å²) in [6, 6.07) is 2.57. The van der Waals surface area contributed by atoms with Gasteiger partial charge in [-0.15, -0.1) is 0 Å². The third-order valence-electron chi connectivity index (χ3n) is 11.9. The molecular weight excluding hydrogens is 991 g/mol. The molecule has 2 N–H and O–H groups in total. The second-order valence-corrected chi connectivity index (χ2v) is 22.2. The van der Waals surface area contributed by atoms with Crippen LogP contribution in [0.2, 0.25) is 5.02 Å². The average molecular weight is 1030 g/mol. The number of carbonyl (C=O) groups excluding carboxylic acids is 1. The van der Waals surface area contributed by atoms with E-state index in [1.165, 1.54) is 13.8 Å². The van der Waals surface area contributed by atoms with Crippen molar-refractivity contribution < 1.29 is 69.9 Å². The highest BCUT2D eigenvalue weighted by molar-refractivity contribution is 7.92. The Bertz CT molecular complexity index is 3230. The maximum absolute atomic E-state index is 15.9. The van der Waals surface area contributed by atoms with E-state index in [0.29, 0.717) is 17.0 Å². The summed E-state index contributed by atoms with van der Waals surface area (Å²) < 4.78 is 213. The Balaban J connectivity index is 1.41. The van der Waals surface area contributed by atoms with Gasteiger partial charge in [-0.05, 0) is 73.4 Å². The molecule has 12 nitrogen and oxygen atoms in total. The zero-order chi connectivity index (χ0) is 50.0. The van der Waals surface area contributed by atoms with E-state index in [-0.39, 0.29) is 49.6 Å². The van der Waals surface area contributed by atoms with Crippen LogP contribution in [-0.2, 0) is 69.1 Å². The summed E-state index contributed by atoms with van der Waals surface area (Å²) in [5.74, 6) is -5.62. The molecule has 1 fully saturated rings. The smallest absolute Gasteiger partial charge is 0.346 e. The average Bonchev–Trinajstić information content (AvgIpc) is 3.43. The van der Waals surface area contributed by atoms with Crippen LogP contribution in [0.5, 0.6) is 0 Å². The van der Waals surface area contributed by atoms with Gasteiger partial charge < -0.3 is 5.32 Å². The van der Waals surface area contributed by atoms with E-state index in [2.05, 4.69) is 32.3 Å². The molecule has 26 heteroatoms. The second-order valence-electron chi connectivity index (χ2n) is 17.5. The lowest BCUT2D eigenvalue weighted by Crippen LogP contribution is -2.35. The lowest BCUT2D eigenvalue weighted by molar-refractivity contribution is -0.142. The van der Waals surface area contributed by atoms with Gasteiger partial charge in [0.2, 0.25) is 15.9 Å². The number of sulfone groups is 1. The quantitative estimate of drug-likeness (QED) is 0.0993. The van der Waals surface area contributed by atoms with E-state index < -0.39 is 156 Å². The Morgan fingerprint density at radius 1 is 0.971 bits per heavy atom. The van der Waals surface area contributed by atoms with Crippen molar-refractivity contribution in [3.05, 3.63) is 92.0 Å². The minimum atomic E-state index is -5.22. The van der Waals surface area contributed by atoms with E-state index in [0.717, 1.165) is 30.5 Å². The fourth-order valence-electron chi connectivity index (χ4n) is 8.77. The summed E-state index contributed by atoms with van der Waals surface area (Å²) in [5, 5.41) is 8.96. The molecule has 3 heterocycles. The first-order valence-corrected chi connectivity index (χ1v) is 24.4. The molecule has 68 heavy (non-hydrogen) atoms. The van der Waals surface area contributed by atoms with Gasteiger partial charge in [0, 0.05) is 47.8 Å². The molecule has 2 aromatic carbocycles. The number of fused-ring (bicyclic) bond motifs is 5. The largest absolute Gasteiger partial charge is 0.435 e. The van der Waals surface area contributed by atoms with E-state index in [4.69, 9.17) is 11.6 Å². The highest BCUT2D eigenvalue weighted by Gasteiger charge is 2.68. The predicted octanol–water partition coefficient (Wildman–Crippen LogP) is 8.10. The van der Waals surface area contributed by atoms with Crippen LogP contribution in [-0.4, -0.2) is 76.9 Å². The van der Waals surface area contributed by atoms with Crippen molar-refractivity contribution in [2.45, 2.75) is 93.8 Å². The van der Waals surface area contributed by atoms with Crippen molar-refractivity contribution in [3.8, 4) is 23.0 Å². The van der Waals surface area contributed by atoms with E-state index in [9.17, 15) is 56.8 Å². The Labute approximate surface area is 384 Å². The van der Waals surface area contributed by atoms with Gasteiger partial charge in [0.1, 0.15) is 47.0 Å². The third-order valence-corrected chi connectivity index (χ3v) is 14.8. The number of carbonyl (C=O) groups is 1. The molecule has 3 aliphatic carbocycles. The third kappa shape index (κ3) is 9.22. The first-order chi connectivity index (χ1) is 31.2. The van der Waals surface area contributed by atoms with E-state index in [1.54, 1.807) is 0 Å². The fourth-order valence-corrected chi connectivity index (χ4v) is 9.75. The summed E-state index contributed by atoms with van der Waals surface area (Å²) in [7, 11) is -8.22. The first-order valence-electron chi connectivity index (χ1n) is 20.2. The van der Waals surface area contributed by atoms with Crippen molar-refractivity contribution in [2.75, 3.05) is 17.2 Å². The highest BCUT2D eigenvalue weighted by Crippen LogP contribution is 2.68. The minimum absolute atomic E-state index is 0.00183. The second kappa shape index (κ2) is 16.3. The number of nitrogens with one attached hydrogen (secondary N) is 2. The number of nitrogens with zero attached hydrogens (tertiary/aromatic N) is 5. The van der Waals surface area contributed by atoms with Gasteiger partial charge in [-0.2, -0.15) is 45.3 Å². The maximum atomic E-state index is 15.9. The van der Waals surface area contributed by atoms with Crippen LogP contribution in [0.15, 0.2) is 30.3 Å². The number of halogens is 12. The van der Waals surface area contributed by atoms with Gasteiger partial charge in [-0.1, -0.05) is 23.6 Å². The number of rotatable bonds is 11. The molecule has 0 radical (unpaired) electrons. The van der Waals surface area contributed by atoms with Crippen LogP contribution >= 0.6 is 11.6 Å². The summed E-state index contributed by atoms with van der Waals surface area (Å²) in [6.07, 6.45) is -12.5. The topological polar surface area (TPSA) is 158 Å². The van der Waals surface area contributed by atoms with Gasteiger partial charge in [0.15, 0.2) is 21.3 Å². The first kappa shape index (κ1) is 49.0. The number of anilines is 1. The number of pyridine rings is 1. The molecule has 0 aliphatic heterocycles. The predicted molar refractivity (Wildman–Crippen MR) is 224 cm³/mol. The molecule has 364 valence electrons. The standard InChI is InChI=1S/C42H35ClF11N7O5S2/c1-39(2,67(3,63)64)8-7-28-23-13-21(46)14-24(23)31(22-5-6-27(43)33-35(22)61(17-40(47,48)49)58-38(33)59-68(4,65)66)34(56-28)29(11-18-9-19(44)12-20(45)10-18)55-30(62)16-60-37-32(36(57-60)42(52,53)54)25-15-26(25)41(37,50)51/h5-6,9-10,12,21,25-26,29H,11,13-17H2,1-4H3,(H,55,62)(H,58,59)/t21-,25+,26-,29+/m1/s1. The number of amides is 1. The van der Waals surface area contributed by atoms with Crippen LogP contribution in [0.25, 0.3) is 22.0 Å². The molecule has 0 unspecified atom stereocenters. The Morgan fingerprint density at radius 2 is 1.62 bits per heavy atom. The monoisotopic (exact) mass is 1030 g/mol. The van der Waals surface area contributed by atoms with Crippen molar-refractivity contribution in [2.24, 2.45) is 5.92 Å². The number of hydrogen-bond acceptors (Lipinski definition) is 8. The number of alkyl halides is 9. The van der Waals surface area contributed by atoms with Gasteiger partial charge >= 0.3 is 12.4 Å². The van der Waals surface area contributed by atoms with Crippen LogP contribution < -0.4 is 10.0 Å². The van der Waals surface area contributed by atoms with Gasteiger partial charge in [0.25, 0.3) is 5.92 Å². The fraction of sp³-hybridized carbons (Fsp3) is 0.429. The van der Waals surface area contributed by atoms with Crippen molar-refractivity contribution >= 4 is 54.1 Å². The number of aromatic nitrogens is 5. The maximum Gasteiger partial charge on any atom is 0.435 e. The number of sulfonamides is 1. The summed E-state index contributed by atoms with van der Waals surface area (Å²) in [6.45, 7) is -0.719. The summed E-state index contributed by atoms with van der Waals surface area (Å²) in [5.41, 5.74) is -5.76. The Hall–Kier alpha value is -5.48. The molecule has 5 aromatic rings. The van der Waals surface area contributed by atoms with Gasteiger partial charge in [0.05, 0.1) is 33.9 Å². The molecule has 3 aliphatic rings. The Kier molecular flexibility index (Phi) is 11.7. The van der Waals surface area contributed by atoms with Gasteiger partial charge in [-0.25, -0.2) is 35.0 Å². The summed E-state index contributed by atoms with van der Waals surface area (Å²) in [4.78, 5) is 18.9. The van der Waals surface area contributed by atoms with Crippen LogP contribution in [0.3, 0.4) is 0 Å². The van der Waals surface area contributed by atoms with Crippen LogP contribution in [0.4, 0.5) is 54.1 Å². The molecule has 3 aromatic heterocycles. The lowest BCUT2D eigenvalue weighted by atomic mass is 9.88. The lowest BCUT2D eigenvalue weighted by Gasteiger charge is -2.25. The van der Waals surface area contributed by atoms with E-state index in [1.807, 2.05) is 4.72 Å². The van der Waals surface area contributed by atoms with Crippen LogP contribution in [0, 0.1) is 29.4 Å². The molecule has 0 spiro atoms. The van der Waals surface area contributed by atoms with Gasteiger partial charge in [-0.3, -0.25) is 18.9 Å². The molecule has 1 saturated carbocycles. The minimum Gasteiger partial charge on any atom is -0.346 e. The van der Waals surface area contributed by atoms with Crippen molar-refractivity contribution in [1.82, 2.24) is 29.9 Å². The zero-order valence-corrected chi connectivity index (χ0v) is 38.0. The van der Waals surface area contributed by atoms with Crippen molar-refractivity contribution in [3.63, 3.8) is 0 Å². The molecular formula is C42H35ClF11N7O5S2. The SMILES string of the molecule is CC(C)(C#Cc1nc([C@H](Cc2cc(F)cc(F)c2)NC(=O)Cn2nc(C(F)(F)F)c3c2C(F)(F)[C@@H]2C[C@H]32)c(-c2ccc(Cl)c3c(NS(C)(=O)=O)nn(CC(F)(F)F)c23)c2c1C[C@@H](F)C2)S(C)(=O)=O. The zero-order valence-electron chi connectivity index (χ0n) is 35.6. The highest BCUT2D eigenvalue weighted by atomic mass is 35.5.